The van der Waals surface area contributed by atoms with Crippen molar-refractivity contribution in [1.82, 2.24) is 4.98 Å². The fraction of sp³-hybridized carbons (Fsp3) is 0.316. The van der Waals surface area contributed by atoms with Crippen LogP contribution in [0.5, 0.6) is 0 Å². The van der Waals surface area contributed by atoms with Crippen molar-refractivity contribution < 1.29 is 22.4 Å². The summed E-state index contributed by atoms with van der Waals surface area (Å²) < 4.78 is 47.5. The first-order valence-electron chi connectivity index (χ1n) is 8.60. The minimum Gasteiger partial charge on any atom is -0.379 e. The molecule has 30 heavy (non-hydrogen) atoms. The average molecular weight is 463 g/mol. The number of rotatable bonds is 3. The van der Waals surface area contributed by atoms with E-state index in [1.54, 1.807) is 0 Å². The van der Waals surface area contributed by atoms with Crippen LogP contribution >= 0.6 is 23.4 Å². The summed E-state index contributed by atoms with van der Waals surface area (Å²) in [4.78, 5) is 20.4. The van der Waals surface area contributed by atoms with E-state index in [-0.39, 0.29) is 28.1 Å². The van der Waals surface area contributed by atoms with E-state index in [2.05, 4.69) is 15.3 Å². The number of nitrogens with zero attached hydrogens (tertiary/aromatic N) is 2. The van der Waals surface area contributed by atoms with Crippen LogP contribution in [0.2, 0.25) is 5.02 Å². The number of hydrogen-bond acceptors (Lipinski definition) is 5. The Morgan fingerprint density at radius 3 is 2.57 bits per heavy atom. The lowest BCUT2D eigenvalue weighted by Gasteiger charge is -2.19. The van der Waals surface area contributed by atoms with Crippen molar-refractivity contribution in [3.05, 3.63) is 58.4 Å². The monoisotopic (exact) mass is 462 g/mol. The van der Waals surface area contributed by atoms with Crippen LogP contribution in [0.15, 0.2) is 35.5 Å². The predicted molar refractivity (Wildman–Crippen MR) is 111 cm³/mol. The third-order valence-corrected chi connectivity index (χ3v) is 5.73. The fourth-order valence-corrected chi connectivity index (χ4v) is 4.22. The maximum atomic E-state index is 14.4. The van der Waals surface area contributed by atoms with Crippen LogP contribution in [0.4, 0.5) is 23.2 Å². The number of aromatic nitrogens is 1. The number of alkyl halides is 2. The Hall–Kier alpha value is -2.33. The maximum absolute atomic E-state index is 14.4. The van der Waals surface area contributed by atoms with Gasteiger partial charge < -0.3 is 11.1 Å². The number of amides is 1. The molecule has 2 heterocycles. The number of carbonyl (C=O) groups is 1. The summed E-state index contributed by atoms with van der Waals surface area (Å²) in [5.74, 6) is -2.44. The van der Waals surface area contributed by atoms with E-state index in [1.807, 2.05) is 0 Å². The molecule has 1 aromatic heterocycles. The quantitative estimate of drug-likeness (QED) is 0.634. The standard InChI is InChI=1S/C17H13ClF2N4OS.2CH3F/c18-7-1-2-12(22-6-7)16(25)23-8-3-10(14(20)11(19)4-8)15-9-5-13(9)26-17(21)24-15;2*1-2/h1-4,6,9,13,15H,5H2,(H2,21,24)(H,23,25);2*1H3. The number of halogens is 5. The molecule has 1 aromatic carbocycles. The Morgan fingerprint density at radius 2 is 1.93 bits per heavy atom. The SMILES string of the molecule is CF.CF.NC1=NC(c2cc(NC(=O)c3ccc(Cl)cn3)cc(F)c2F)C2CC2S1. The molecule has 1 saturated carbocycles. The minimum atomic E-state index is -1.05. The Kier molecular flexibility index (Phi) is 8.48. The Balaban J connectivity index is 0.000000757. The van der Waals surface area contributed by atoms with Gasteiger partial charge in [0.15, 0.2) is 16.8 Å². The number of amidine groups is 1. The van der Waals surface area contributed by atoms with Gasteiger partial charge in [-0.05, 0) is 30.5 Å². The van der Waals surface area contributed by atoms with Gasteiger partial charge in [-0.1, -0.05) is 23.4 Å². The topological polar surface area (TPSA) is 80.4 Å². The third-order valence-electron chi connectivity index (χ3n) is 4.32. The van der Waals surface area contributed by atoms with Crippen molar-refractivity contribution in [3.63, 3.8) is 0 Å². The molecule has 1 amide bonds. The van der Waals surface area contributed by atoms with Crippen LogP contribution in [0.1, 0.15) is 28.5 Å². The Bertz CT molecular complexity index is 929. The molecule has 4 rings (SSSR count). The van der Waals surface area contributed by atoms with Gasteiger partial charge in [0.05, 0.1) is 25.4 Å². The Morgan fingerprint density at radius 1 is 1.23 bits per heavy atom. The summed E-state index contributed by atoms with van der Waals surface area (Å²) in [7, 11) is 1.00. The summed E-state index contributed by atoms with van der Waals surface area (Å²) in [6.45, 7) is 0. The van der Waals surface area contributed by atoms with Crippen molar-refractivity contribution in [2.24, 2.45) is 16.6 Å². The molecule has 3 unspecified atom stereocenters. The van der Waals surface area contributed by atoms with Crippen molar-refractivity contribution in [1.29, 1.82) is 0 Å². The molecule has 1 aliphatic heterocycles. The smallest absolute Gasteiger partial charge is 0.274 e. The van der Waals surface area contributed by atoms with Crippen LogP contribution < -0.4 is 11.1 Å². The number of nitrogens with one attached hydrogen (secondary N) is 1. The normalized spacial score (nSPS) is 21.0. The van der Waals surface area contributed by atoms with Gasteiger partial charge in [0.25, 0.3) is 5.91 Å². The number of nitrogens with two attached hydrogens (primary N) is 1. The molecular weight excluding hydrogens is 444 g/mol. The van der Waals surface area contributed by atoms with Gasteiger partial charge in [0.1, 0.15) is 5.69 Å². The zero-order chi connectivity index (χ0) is 22.4. The Labute approximate surface area is 180 Å². The van der Waals surface area contributed by atoms with E-state index in [9.17, 15) is 22.4 Å². The van der Waals surface area contributed by atoms with E-state index in [4.69, 9.17) is 17.3 Å². The van der Waals surface area contributed by atoms with Crippen LogP contribution in [-0.2, 0) is 0 Å². The first kappa shape index (κ1) is 23.9. The van der Waals surface area contributed by atoms with Crippen molar-refractivity contribution in [3.8, 4) is 0 Å². The molecule has 0 spiro atoms. The van der Waals surface area contributed by atoms with E-state index < -0.39 is 23.6 Å². The molecule has 3 N–H and O–H groups in total. The number of carbonyl (C=O) groups excluding carboxylic acids is 1. The maximum Gasteiger partial charge on any atom is 0.274 e. The summed E-state index contributed by atoms with van der Waals surface area (Å²) in [5.41, 5.74) is 6.12. The molecule has 0 bridgehead atoms. The van der Waals surface area contributed by atoms with Crippen LogP contribution in [-0.4, -0.2) is 35.7 Å². The summed E-state index contributed by atoms with van der Waals surface area (Å²) >= 11 is 7.20. The number of hydrogen-bond donors (Lipinski definition) is 2. The number of anilines is 1. The molecule has 11 heteroatoms. The highest BCUT2D eigenvalue weighted by Crippen LogP contribution is 2.54. The molecule has 2 aliphatic rings. The van der Waals surface area contributed by atoms with Gasteiger partial charge >= 0.3 is 0 Å². The largest absolute Gasteiger partial charge is 0.379 e. The van der Waals surface area contributed by atoms with E-state index >= 15 is 0 Å². The van der Waals surface area contributed by atoms with Crippen LogP contribution in [0, 0.1) is 17.6 Å². The van der Waals surface area contributed by atoms with Gasteiger partial charge in [-0.25, -0.2) is 13.8 Å². The number of fused-ring (bicyclic) bond motifs is 1. The zero-order valence-electron chi connectivity index (χ0n) is 16.0. The van der Waals surface area contributed by atoms with E-state index in [1.165, 1.54) is 36.2 Å². The van der Waals surface area contributed by atoms with Gasteiger partial charge in [0.2, 0.25) is 0 Å². The first-order chi connectivity index (χ1) is 14.4. The molecule has 162 valence electrons. The second-order valence-electron chi connectivity index (χ2n) is 6.15. The first-order valence-corrected chi connectivity index (χ1v) is 9.85. The molecule has 0 saturated heterocycles. The van der Waals surface area contributed by atoms with Gasteiger partial charge in [-0.15, -0.1) is 0 Å². The number of pyridine rings is 1. The lowest BCUT2D eigenvalue weighted by Crippen LogP contribution is -2.19. The average Bonchev–Trinajstić information content (AvgIpc) is 3.53. The third kappa shape index (κ3) is 5.42. The summed E-state index contributed by atoms with van der Waals surface area (Å²) in [5, 5.41) is 3.58. The van der Waals surface area contributed by atoms with Crippen molar-refractivity contribution >= 4 is 40.1 Å². The lowest BCUT2D eigenvalue weighted by atomic mass is 10.0. The van der Waals surface area contributed by atoms with Gasteiger partial charge in [0, 0.05) is 28.8 Å². The number of thioether (sulfide) groups is 1. The van der Waals surface area contributed by atoms with Crippen LogP contribution in [0.25, 0.3) is 0 Å². The zero-order valence-corrected chi connectivity index (χ0v) is 17.6. The molecule has 3 atom stereocenters. The van der Waals surface area contributed by atoms with Gasteiger partial charge in [-0.3, -0.25) is 18.6 Å². The lowest BCUT2D eigenvalue weighted by molar-refractivity contribution is 0.102. The molecule has 0 radical (unpaired) electrons. The van der Waals surface area contributed by atoms with E-state index in [0.717, 1.165) is 12.5 Å². The predicted octanol–water partition coefficient (Wildman–Crippen LogP) is 4.93. The van der Waals surface area contributed by atoms with Crippen molar-refractivity contribution in [2.45, 2.75) is 17.7 Å². The molecular formula is C19H19ClF4N4OS. The molecule has 2 aromatic rings. The second-order valence-corrected chi connectivity index (χ2v) is 7.84. The highest BCUT2D eigenvalue weighted by molar-refractivity contribution is 8.14. The molecule has 1 fully saturated rings. The molecule has 1 aliphatic carbocycles. The minimum absolute atomic E-state index is 0.0973. The van der Waals surface area contributed by atoms with Crippen LogP contribution in [0.3, 0.4) is 0 Å². The number of benzene rings is 1. The van der Waals surface area contributed by atoms with Crippen molar-refractivity contribution in [2.75, 3.05) is 19.7 Å². The molecule has 5 nitrogen and oxygen atoms in total. The van der Waals surface area contributed by atoms with E-state index in [0.29, 0.717) is 24.5 Å². The second kappa shape index (κ2) is 10.6. The summed E-state index contributed by atoms with van der Waals surface area (Å²) in [6, 6.07) is 4.75. The number of aliphatic imine (C=N–C) groups is 1. The van der Waals surface area contributed by atoms with Gasteiger partial charge in [-0.2, -0.15) is 0 Å². The highest BCUT2D eigenvalue weighted by Gasteiger charge is 2.48. The summed E-state index contributed by atoms with van der Waals surface area (Å²) in [6.07, 6.45) is 2.18. The highest BCUT2D eigenvalue weighted by atomic mass is 35.5. The fourth-order valence-electron chi connectivity index (χ4n) is 2.98.